The Morgan fingerprint density at radius 2 is 1.73 bits per heavy atom. The van der Waals surface area contributed by atoms with Gasteiger partial charge < -0.3 is 9.47 Å². The lowest BCUT2D eigenvalue weighted by Gasteiger charge is -2.26. The van der Waals surface area contributed by atoms with Crippen LogP contribution in [0.4, 0.5) is 0 Å². The molecule has 1 aliphatic heterocycles. The fourth-order valence-electron chi connectivity index (χ4n) is 3.85. The molecule has 0 radical (unpaired) electrons. The second-order valence-corrected chi connectivity index (χ2v) is 7.63. The SMILES string of the molecule is COc1ccccc1C=CC(=O)c1cc(C)c(OCCN2CCCCC2)c(C)c1.Cl. The van der Waals surface area contributed by atoms with Crippen molar-refractivity contribution < 1.29 is 14.3 Å². The van der Waals surface area contributed by atoms with E-state index in [9.17, 15) is 4.79 Å². The van der Waals surface area contributed by atoms with Crippen molar-refractivity contribution in [2.24, 2.45) is 0 Å². The van der Waals surface area contributed by atoms with Gasteiger partial charge in [-0.25, -0.2) is 0 Å². The summed E-state index contributed by atoms with van der Waals surface area (Å²) in [5, 5.41) is 0. The molecule has 5 heteroatoms. The number of carbonyl (C=O) groups excluding carboxylic acids is 1. The second kappa shape index (κ2) is 11.8. The number of nitrogens with zero attached hydrogens (tertiary/aromatic N) is 1. The summed E-state index contributed by atoms with van der Waals surface area (Å²) in [6, 6.07) is 11.5. The Morgan fingerprint density at radius 1 is 1.07 bits per heavy atom. The van der Waals surface area contributed by atoms with E-state index < -0.39 is 0 Å². The van der Waals surface area contributed by atoms with Crippen molar-refractivity contribution in [3.8, 4) is 11.5 Å². The zero-order valence-corrected chi connectivity index (χ0v) is 19.0. The van der Waals surface area contributed by atoms with Gasteiger partial charge in [0.15, 0.2) is 5.78 Å². The Kier molecular flexibility index (Phi) is 9.41. The van der Waals surface area contributed by atoms with Gasteiger partial charge in [0.05, 0.1) is 7.11 Å². The number of likely N-dealkylation sites (tertiary alicyclic amines) is 1. The molecule has 0 N–H and O–H groups in total. The summed E-state index contributed by atoms with van der Waals surface area (Å²) in [5.74, 6) is 1.62. The maximum absolute atomic E-state index is 12.7. The molecule has 1 saturated heterocycles. The molecule has 0 aromatic heterocycles. The van der Waals surface area contributed by atoms with E-state index in [4.69, 9.17) is 9.47 Å². The molecule has 0 saturated carbocycles. The number of hydrogen-bond donors (Lipinski definition) is 0. The molecule has 0 spiro atoms. The average Bonchev–Trinajstić information content (AvgIpc) is 2.74. The Labute approximate surface area is 186 Å². The number of piperidine rings is 1. The second-order valence-electron chi connectivity index (χ2n) is 7.63. The molecule has 1 aliphatic rings. The van der Waals surface area contributed by atoms with Crippen molar-refractivity contribution in [2.45, 2.75) is 33.1 Å². The van der Waals surface area contributed by atoms with Crippen LogP contribution in [0, 0.1) is 13.8 Å². The summed E-state index contributed by atoms with van der Waals surface area (Å²) in [7, 11) is 1.63. The first-order valence-corrected chi connectivity index (χ1v) is 10.4. The number of ether oxygens (including phenoxy) is 2. The molecule has 1 heterocycles. The first-order chi connectivity index (χ1) is 14.1. The van der Waals surface area contributed by atoms with Crippen molar-refractivity contribution in [3.63, 3.8) is 0 Å². The van der Waals surface area contributed by atoms with Crippen molar-refractivity contribution in [3.05, 3.63) is 64.7 Å². The average molecular weight is 430 g/mol. The molecule has 2 aromatic rings. The van der Waals surface area contributed by atoms with Crippen LogP contribution in [-0.2, 0) is 0 Å². The number of allylic oxidation sites excluding steroid dienone is 1. The predicted molar refractivity (Wildman–Crippen MR) is 125 cm³/mol. The van der Waals surface area contributed by atoms with E-state index in [1.54, 1.807) is 19.3 Å². The van der Waals surface area contributed by atoms with Gasteiger partial charge in [0.25, 0.3) is 0 Å². The first kappa shape index (κ1) is 24.0. The third kappa shape index (κ3) is 6.35. The topological polar surface area (TPSA) is 38.8 Å². The summed E-state index contributed by atoms with van der Waals surface area (Å²) >= 11 is 0. The number of methoxy groups -OCH3 is 1. The molecule has 0 aliphatic carbocycles. The van der Waals surface area contributed by atoms with Crippen LogP contribution in [0.15, 0.2) is 42.5 Å². The van der Waals surface area contributed by atoms with Gasteiger partial charge in [-0.15, -0.1) is 12.4 Å². The number of para-hydroxylation sites is 1. The lowest BCUT2D eigenvalue weighted by molar-refractivity contribution is 0.104. The summed E-state index contributed by atoms with van der Waals surface area (Å²) in [6.07, 6.45) is 7.32. The number of carbonyl (C=O) groups is 1. The third-order valence-corrected chi connectivity index (χ3v) is 5.40. The normalized spacial score (nSPS) is 14.4. The lowest BCUT2D eigenvalue weighted by atomic mass is 10.0. The number of benzene rings is 2. The zero-order chi connectivity index (χ0) is 20.6. The first-order valence-electron chi connectivity index (χ1n) is 10.4. The fraction of sp³-hybridized carbons (Fsp3) is 0.400. The number of aryl methyl sites for hydroxylation is 2. The molecule has 0 amide bonds. The van der Waals surface area contributed by atoms with Crippen molar-refractivity contribution in [1.82, 2.24) is 4.90 Å². The molecule has 30 heavy (non-hydrogen) atoms. The summed E-state index contributed by atoms with van der Waals surface area (Å²) in [6.45, 7) is 8.00. The molecule has 0 unspecified atom stereocenters. The third-order valence-electron chi connectivity index (χ3n) is 5.40. The molecule has 0 bridgehead atoms. The van der Waals surface area contributed by atoms with Crippen LogP contribution in [0.5, 0.6) is 11.5 Å². The van der Waals surface area contributed by atoms with Crippen molar-refractivity contribution in [2.75, 3.05) is 33.4 Å². The summed E-state index contributed by atoms with van der Waals surface area (Å²) in [4.78, 5) is 15.1. The van der Waals surface area contributed by atoms with Crippen LogP contribution >= 0.6 is 12.4 Å². The summed E-state index contributed by atoms with van der Waals surface area (Å²) in [5.41, 5.74) is 3.55. The van der Waals surface area contributed by atoms with Crippen LogP contribution in [-0.4, -0.2) is 44.0 Å². The van der Waals surface area contributed by atoms with Crippen molar-refractivity contribution >= 4 is 24.3 Å². The highest BCUT2D eigenvalue weighted by atomic mass is 35.5. The molecule has 0 atom stereocenters. The minimum Gasteiger partial charge on any atom is -0.496 e. The van der Waals surface area contributed by atoms with E-state index in [-0.39, 0.29) is 18.2 Å². The standard InChI is InChI=1S/C25H31NO3.ClH/c1-19-17-22(23(27)12-11-21-9-5-6-10-24(21)28-3)18-20(2)25(19)29-16-15-26-13-7-4-8-14-26;/h5-6,9-12,17-18H,4,7-8,13-16H2,1-3H3;1H. The minimum atomic E-state index is -0.0260. The van der Waals surface area contributed by atoms with E-state index in [1.807, 2.05) is 50.2 Å². The van der Waals surface area contributed by atoms with Crippen LogP contribution in [0.3, 0.4) is 0 Å². The van der Waals surface area contributed by atoms with Gasteiger partial charge in [-0.2, -0.15) is 0 Å². The number of halogens is 1. The highest BCUT2D eigenvalue weighted by Gasteiger charge is 2.13. The number of rotatable bonds is 8. The van der Waals surface area contributed by atoms with E-state index in [2.05, 4.69) is 4.90 Å². The molecular formula is C25H32ClNO3. The molecule has 1 fully saturated rings. The van der Waals surface area contributed by atoms with E-state index >= 15 is 0 Å². The maximum Gasteiger partial charge on any atom is 0.185 e. The lowest BCUT2D eigenvalue weighted by Crippen LogP contribution is -2.33. The minimum absolute atomic E-state index is 0. The number of hydrogen-bond acceptors (Lipinski definition) is 4. The van der Waals surface area contributed by atoms with Gasteiger partial charge in [-0.3, -0.25) is 9.69 Å². The molecule has 2 aromatic carbocycles. The van der Waals surface area contributed by atoms with Crippen LogP contribution in [0.25, 0.3) is 6.08 Å². The molecule has 3 rings (SSSR count). The summed E-state index contributed by atoms with van der Waals surface area (Å²) < 4.78 is 11.4. The molecular weight excluding hydrogens is 398 g/mol. The van der Waals surface area contributed by atoms with Crippen LogP contribution in [0.2, 0.25) is 0 Å². The molecule has 4 nitrogen and oxygen atoms in total. The Bertz CT molecular complexity index is 849. The van der Waals surface area contributed by atoms with Gasteiger partial charge in [-0.1, -0.05) is 24.6 Å². The van der Waals surface area contributed by atoms with Crippen LogP contribution in [0.1, 0.15) is 46.3 Å². The number of ketones is 1. The van der Waals surface area contributed by atoms with Crippen LogP contribution < -0.4 is 9.47 Å². The fourth-order valence-corrected chi connectivity index (χ4v) is 3.85. The maximum atomic E-state index is 12.7. The van der Waals surface area contributed by atoms with E-state index in [0.29, 0.717) is 12.2 Å². The van der Waals surface area contributed by atoms with Gasteiger partial charge in [0, 0.05) is 17.7 Å². The highest BCUT2D eigenvalue weighted by Crippen LogP contribution is 2.26. The quantitative estimate of drug-likeness (QED) is 0.410. The smallest absolute Gasteiger partial charge is 0.185 e. The van der Waals surface area contributed by atoms with Gasteiger partial charge >= 0.3 is 0 Å². The largest absolute Gasteiger partial charge is 0.496 e. The Morgan fingerprint density at radius 3 is 2.40 bits per heavy atom. The van der Waals surface area contributed by atoms with E-state index in [1.165, 1.54) is 32.4 Å². The van der Waals surface area contributed by atoms with Gasteiger partial charge in [0.2, 0.25) is 0 Å². The van der Waals surface area contributed by atoms with Gasteiger partial charge in [0.1, 0.15) is 18.1 Å². The van der Waals surface area contributed by atoms with E-state index in [0.717, 1.165) is 34.7 Å². The van der Waals surface area contributed by atoms with Gasteiger partial charge in [-0.05, 0) is 81.3 Å². The monoisotopic (exact) mass is 429 g/mol. The molecule has 162 valence electrons. The predicted octanol–water partition coefficient (Wildman–Crippen LogP) is 5.49. The zero-order valence-electron chi connectivity index (χ0n) is 18.1. The Balaban J connectivity index is 0.00000320. The van der Waals surface area contributed by atoms with Crippen molar-refractivity contribution in [1.29, 1.82) is 0 Å². The highest BCUT2D eigenvalue weighted by molar-refractivity contribution is 6.07. The Hall–Kier alpha value is -2.30.